The summed E-state index contributed by atoms with van der Waals surface area (Å²) >= 11 is 2.24. The number of hydrogen-bond donors (Lipinski definition) is 3. The first-order valence-corrected chi connectivity index (χ1v) is 8.26. The highest BCUT2D eigenvalue weighted by Crippen LogP contribution is 2.25. The minimum absolute atomic E-state index is 0.0516. The van der Waals surface area contributed by atoms with Gasteiger partial charge in [0, 0.05) is 9.26 Å². The number of methoxy groups -OCH3 is 1. The molecular weight excluding hydrogens is 421 g/mol. The van der Waals surface area contributed by atoms with Crippen molar-refractivity contribution in [2.45, 2.75) is 6.92 Å². The molecule has 0 aliphatic carbocycles. The number of phenolic OH excluding ortho intramolecular Hbond substituents is 1. The monoisotopic (exact) mass is 439 g/mol. The number of carbonyl (C=O) groups excluding carboxylic acids is 1. The van der Waals surface area contributed by atoms with Crippen molar-refractivity contribution in [2.24, 2.45) is 5.10 Å². The van der Waals surface area contributed by atoms with Gasteiger partial charge in [0.2, 0.25) is 0 Å². The van der Waals surface area contributed by atoms with Gasteiger partial charge in [0.25, 0.3) is 5.91 Å². The van der Waals surface area contributed by atoms with Crippen molar-refractivity contribution in [3.8, 4) is 11.5 Å². The third-order valence-corrected chi connectivity index (χ3v) is 3.91. The molecule has 1 amide bonds. The van der Waals surface area contributed by atoms with E-state index in [1.165, 1.54) is 19.4 Å². The average molecular weight is 439 g/mol. The second-order valence-electron chi connectivity index (χ2n) is 5.04. The van der Waals surface area contributed by atoms with E-state index >= 15 is 0 Å². The molecule has 2 rings (SSSR count). The molecule has 0 unspecified atom stereocenters. The van der Waals surface area contributed by atoms with E-state index in [4.69, 9.17) is 4.74 Å². The molecule has 2 aromatic carbocycles. The minimum Gasteiger partial charge on any atom is -0.504 e. The molecule has 2 aromatic rings. The van der Waals surface area contributed by atoms with Gasteiger partial charge in [-0.25, -0.2) is 5.43 Å². The highest BCUT2D eigenvalue weighted by molar-refractivity contribution is 14.1. The van der Waals surface area contributed by atoms with Crippen LogP contribution in [0, 0.1) is 10.5 Å². The van der Waals surface area contributed by atoms with Crippen LogP contribution in [-0.4, -0.2) is 30.9 Å². The number of amides is 1. The van der Waals surface area contributed by atoms with E-state index in [1.807, 2.05) is 25.1 Å². The quantitative estimate of drug-likeness (QED) is 0.367. The van der Waals surface area contributed by atoms with Crippen LogP contribution < -0.4 is 15.5 Å². The molecule has 0 aliphatic rings. The molecule has 0 saturated carbocycles. The van der Waals surface area contributed by atoms with Gasteiger partial charge in [-0.2, -0.15) is 5.10 Å². The number of aromatic hydroxyl groups is 1. The lowest BCUT2D eigenvalue weighted by Gasteiger charge is -2.08. The van der Waals surface area contributed by atoms with Crippen LogP contribution in [0.2, 0.25) is 0 Å². The minimum atomic E-state index is -0.255. The smallest absolute Gasteiger partial charge is 0.259 e. The molecule has 126 valence electrons. The number of hydrogen-bond acceptors (Lipinski definition) is 5. The van der Waals surface area contributed by atoms with E-state index < -0.39 is 0 Å². The largest absolute Gasteiger partial charge is 0.504 e. The summed E-state index contributed by atoms with van der Waals surface area (Å²) in [4.78, 5) is 11.8. The summed E-state index contributed by atoms with van der Waals surface area (Å²) < 4.78 is 6.16. The first-order valence-electron chi connectivity index (χ1n) is 7.18. The normalized spacial score (nSPS) is 10.6. The number of nitrogens with zero attached hydrogens (tertiary/aromatic N) is 1. The van der Waals surface area contributed by atoms with Crippen molar-refractivity contribution in [1.82, 2.24) is 5.43 Å². The number of aryl methyl sites for hydroxylation is 1. The van der Waals surface area contributed by atoms with Gasteiger partial charge in [-0.1, -0.05) is 0 Å². The van der Waals surface area contributed by atoms with Crippen LogP contribution in [0.25, 0.3) is 0 Å². The Kier molecular flexibility index (Phi) is 6.42. The molecule has 0 radical (unpaired) electrons. The number of phenols is 1. The number of hydrazone groups is 1. The molecule has 0 aromatic heterocycles. The summed E-state index contributed by atoms with van der Waals surface area (Å²) in [6, 6.07) is 10.7. The van der Waals surface area contributed by atoms with Crippen LogP contribution in [0.3, 0.4) is 0 Å². The van der Waals surface area contributed by atoms with Crippen LogP contribution in [0.15, 0.2) is 41.5 Å². The topological polar surface area (TPSA) is 83.0 Å². The number of benzene rings is 2. The third-order valence-electron chi connectivity index (χ3n) is 3.23. The van der Waals surface area contributed by atoms with Crippen LogP contribution in [0.1, 0.15) is 11.1 Å². The fraction of sp³-hybridized carbons (Fsp3) is 0.176. The number of carbonyl (C=O) groups is 1. The lowest BCUT2D eigenvalue weighted by atomic mass is 10.2. The van der Waals surface area contributed by atoms with Crippen LogP contribution >= 0.6 is 22.6 Å². The standard InChI is InChI=1S/C17H18IN3O3/c1-11-7-13(18)4-5-14(11)19-10-17(23)21-20-9-12-3-6-15(22)16(8-12)24-2/h3-9,19,22H,10H2,1-2H3,(H,21,23). The van der Waals surface area contributed by atoms with Gasteiger partial charge in [0.15, 0.2) is 11.5 Å². The van der Waals surface area contributed by atoms with Crippen molar-refractivity contribution >= 4 is 40.4 Å². The van der Waals surface area contributed by atoms with Crippen LogP contribution in [-0.2, 0) is 4.79 Å². The second kappa shape index (κ2) is 8.53. The number of anilines is 1. The molecule has 0 spiro atoms. The van der Waals surface area contributed by atoms with E-state index in [1.54, 1.807) is 12.1 Å². The first kappa shape index (κ1) is 18.1. The van der Waals surface area contributed by atoms with Crippen LogP contribution in [0.4, 0.5) is 5.69 Å². The predicted molar refractivity (Wildman–Crippen MR) is 103 cm³/mol. The van der Waals surface area contributed by atoms with E-state index in [-0.39, 0.29) is 18.2 Å². The van der Waals surface area contributed by atoms with Gasteiger partial charge in [-0.3, -0.25) is 4.79 Å². The Hall–Kier alpha value is -2.29. The third kappa shape index (κ3) is 5.12. The number of ether oxygens (including phenoxy) is 1. The number of halogens is 1. The summed E-state index contributed by atoms with van der Waals surface area (Å²) in [7, 11) is 1.47. The lowest BCUT2D eigenvalue weighted by Crippen LogP contribution is -2.26. The predicted octanol–water partition coefficient (Wildman–Crippen LogP) is 2.88. The summed E-state index contributed by atoms with van der Waals surface area (Å²) in [6.07, 6.45) is 1.48. The molecule has 0 heterocycles. The Labute approximate surface area is 154 Å². The molecular formula is C17H18IN3O3. The van der Waals surface area contributed by atoms with E-state index in [0.717, 1.165) is 14.8 Å². The van der Waals surface area contributed by atoms with Crippen molar-refractivity contribution in [3.63, 3.8) is 0 Å². The molecule has 0 bridgehead atoms. The summed E-state index contributed by atoms with van der Waals surface area (Å²) in [5.74, 6) is 0.145. The summed E-state index contributed by atoms with van der Waals surface area (Å²) in [5, 5.41) is 16.5. The first-order chi connectivity index (χ1) is 11.5. The fourth-order valence-electron chi connectivity index (χ4n) is 1.99. The molecule has 6 nitrogen and oxygen atoms in total. The van der Waals surface area contributed by atoms with E-state index in [2.05, 4.69) is 38.4 Å². The number of rotatable bonds is 6. The maximum absolute atomic E-state index is 11.8. The summed E-state index contributed by atoms with van der Waals surface area (Å²) in [5.41, 5.74) is 5.14. The second-order valence-corrected chi connectivity index (χ2v) is 6.28. The molecule has 0 aliphatic heterocycles. The molecule has 0 saturated heterocycles. The Morgan fingerprint density at radius 3 is 2.83 bits per heavy atom. The maximum Gasteiger partial charge on any atom is 0.259 e. The average Bonchev–Trinajstić information content (AvgIpc) is 2.55. The molecule has 7 heteroatoms. The Bertz CT molecular complexity index is 763. The zero-order valence-electron chi connectivity index (χ0n) is 13.3. The molecule has 24 heavy (non-hydrogen) atoms. The highest BCUT2D eigenvalue weighted by Gasteiger charge is 2.03. The molecule has 0 atom stereocenters. The zero-order valence-corrected chi connectivity index (χ0v) is 15.5. The Morgan fingerprint density at radius 1 is 1.33 bits per heavy atom. The zero-order chi connectivity index (χ0) is 17.5. The van der Waals surface area contributed by atoms with Crippen molar-refractivity contribution < 1.29 is 14.6 Å². The van der Waals surface area contributed by atoms with Gasteiger partial charge in [0.05, 0.1) is 19.9 Å². The van der Waals surface area contributed by atoms with Crippen molar-refractivity contribution in [1.29, 1.82) is 0 Å². The van der Waals surface area contributed by atoms with Gasteiger partial charge < -0.3 is 15.2 Å². The van der Waals surface area contributed by atoms with Crippen LogP contribution in [0.5, 0.6) is 11.5 Å². The Morgan fingerprint density at radius 2 is 2.12 bits per heavy atom. The maximum atomic E-state index is 11.8. The lowest BCUT2D eigenvalue weighted by molar-refractivity contribution is -0.119. The van der Waals surface area contributed by atoms with Gasteiger partial charge in [-0.05, 0) is 77.0 Å². The van der Waals surface area contributed by atoms with E-state index in [9.17, 15) is 9.90 Å². The fourth-order valence-corrected chi connectivity index (χ4v) is 2.64. The Balaban J connectivity index is 1.86. The van der Waals surface area contributed by atoms with Crippen molar-refractivity contribution in [2.75, 3.05) is 19.0 Å². The summed E-state index contributed by atoms with van der Waals surface area (Å²) in [6.45, 7) is 2.11. The van der Waals surface area contributed by atoms with Gasteiger partial charge in [0.1, 0.15) is 0 Å². The van der Waals surface area contributed by atoms with Gasteiger partial charge in [-0.15, -0.1) is 0 Å². The van der Waals surface area contributed by atoms with Crippen molar-refractivity contribution in [3.05, 3.63) is 51.1 Å². The molecule has 3 N–H and O–H groups in total. The number of nitrogens with one attached hydrogen (secondary N) is 2. The van der Waals surface area contributed by atoms with E-state index in [0.29, 0.717) is 11.3 Å². The molecule has 0 fully saturated rings. The van der Waals surface area contributed by atoms with Gasteiger partial charge >= 0.3 is 0 Å². The SMILES string of the molecule is COc1cc(C=NNC(=O)CNc2ccc(I)cc2C)ccc1O. The highest BCUT2D eigenvalue weighted by atomic mass is 127.